The lowest BCUT2D eigenvalue weighted by molar-refractivity contribution is -0.142. The number of piperidine rings is 3. The van der Waals surface area contributed by atoms with Crippen molar-refractivity contribution in [2.75, 3.05) is 44.6 Å². The summed E-state index contributed by atoms with van der Waals surface area (Å²) >= 11 is 0. The molecule has 3 saturated heterocycles. The number of carbonyl (C=O) groups is 3. The van der Waals surface area contributed by atoms with Crippen LogP contribution < -0.4 is 5.32 Å². The summed E-state index contributed by atoms with van der Waals surface area (Å²) < 4.78 is 19.7. The van der Waals surface area contributed by atoms with Gasteiger partial charge in [-0.05, 0) is 93.4 Å². The summed E-state index contributed by atoms with van der Waals surface area (Å²) in [5.41, 5.74) is 4.25. The van der Waals surface area contributed by atoms with E-state index in [0.717, 1.165) is 53.5 Å². The SMILES string of the molecule is Cc1cc(C[C@@H](OC(=O)N2CCC(N3Cc4ccc(F)cc4NC3=O)CC2)C(=O)N2CCC(N3CCCCC3)CC2)cc2cn[nH]c12. The fourth-order valence-corrected chi connectivity index (χ4v) is 7.86. The van der Waals surface area contributed by atoms with Gasteiger partial charge in [-0.1, -0.05) is 18.6 Å². The number of aryl methyl sites for hydroxylation is 1. The summed E-state index contributed by atoms with van der Waals surface area (Å²) in [6.07, 6.45) is 7.42. The van der Waals surface area contributed by atoms with Gasteiger partial charge < -0.3 is 29.7 Å². The number of aromatic nitrogens is 2. The third kappa shape index (κ3) is 6.79. The van der Waals surface area contributed by atoms with Gasteiger partial charge in [0, 0.05) is 56.6 Å². The first-order valence-electron chi connectivity index (χ1n) is 17.1. The van der Waals surface area contributed by atoms with Gasteiger partial charge in [0.25, 0.3) is 5.91 Å². The number of amides is 4. The minimum atomic E-state index is -0.944. The van der Waals surface area contributed by atoms with Crippen LogP contribution in [0.15, 0.2) is 36.5 Å². The molecule has 2 N–H and O–H groups in total. The number of fused-ring (bicyclic) bond motifs is 2. The topological polar surface area (TPSA) is 114 Å². The van der Waals surface area contributed by atoms with Crippen molar-refractivity contribution < 1.29 is 23.5 Å². The average Bonchev–Trinajstić information content (AvgIpc) is 3.57. The van der Waals surface area contributed by atoms with Gasteiger partial charge in [0.15, 0.2) is 6.10 Å². The molecule has 2 aromatic carbocycles. The Balaban J connectivity index is 1.01. The molecule has 5 heterocycles. The highest BCUT2D eigenvalue weighted by atomic mass is 19.1. The quantitative estimate of drug-likeness (QED) is 0.388. The van der Waals surface area contributed by atoms with Crippen molar-refractivity contribution in [3.05, 3.63) is 59.0 Å². The zero-order chi connectivity index (χ0) is 32.5. The molecule has 4 aliphatic rings. The Bertz CT molecular complexity index is 1620. The van der Waals surface area contributed by atoms with Crippen LogP contribution in [0.3, 0.4) is 0 Å². The number of benzene rings is 2. The number of hydrogen-bond donors (Lipinski definition) is 2. The first kappa shape index (κ1) is 31.4. The van der Waals surface area contributed by atoms with Gasteiger partial charge in [-0.3, -0.25) is 9.89 Å². The van der Waals surface area contributed by atoms with E-state index >= 15 is 0 Å². The number of carbonyl (C=O) groups excluding carboxylic acids is 3. The third-order valence-corrected chi connectivity index (χ3v) is 10.5. The van der Waals surface area contributed by atoms with Crippen LogP contribution in [0.1, 0.15) is 61.6 Å². The lowest BCUT2D eigenvalue weighted by Crippen LogP contribution is -2.53. The lowest BCUT2D eigenvalue weighted by atomic mass is 9.98. The first-order valence-corrected chi connectivity index (χ1v) is 17.1. The predicted octanol–water partition coefficient (Wildman–Crippen LogP) is 5.05. The summed E-state index contributed by atoms with van der Waals surface area (Å²) in [7, 11) is 0. The number of urea groups is 1. The molecule has 0 spiro atoms. The molecular formula is C35H44FN7O4. The molecular weight excluding hydrogens is 601 g/mol. The highest BCUT2D eigenvalue weighted by Gasteiger charge is 2.37. The summed E-state index contributed by atoms with van der Waals surface area (Å²) in [6, 6.07) is 8.64. The Morgan fingerprint density at radius 1 is 0.957 bits per heavy atom. The molecule has 250 valence electrons. The van der Waals surface area contributed by atoms with Crippen molar-refractivity contribution in [3.63, 3.8) is 0 Å². The minimum absolute atomic E-state index is 0.0689. The van der Waals surface area contributed by atoms with E-state index in [4.69, 9.17) is 4.74 Å². The molecule has 4 amide bonds. The number of H-pyrrole nitrogens is 1. The minimum Gasteiger partial charge on any atom is -0.436 e. The van der Waals surface area contributed by atoms with Crippen LogP contribution in [0.2, 0.25) is 0 Å². The van der Waals surface area contributed by atoms with E-state index in [2.05, 4.69) is 20.4 Å². The van der Waals surface area contributed by atoms with Crippen LogP contribution in [0.4, 0.5) is 19.7 Å². The van der Waals surface area contributed by atoms with Gasteiger partial charge in [0.05, 0.1) is 17.4 Å². The summed E-state index contributed by atoms with van der Waals surface area (Å²) in [4.78, 5) is 48.4. The molecule has 3 aromatic rings. The molecule has 11 nitrogen and oxygen atoms in total. The molecule has 0 saturated carbocycles. The largest absolute Gasteiger partial charge is 0.436 e. The predicted molar refractivity (Wildman–Crippen MR) is 175 cm³/mol. The zero-order valence-electron chi connectivity index (χ0n) is 27.0. The van der Waals surface area contributed by atoms with E-state index in [9.17, 15) is 18.8 Å². The zero-order valence-corrected chi connectivity index (χ0v) is 27.0. The van der Waals surface area contributed by atoms with Gasteiger partial charge in [0.2, 0.25) is 0 Å². The number of likely N-dealkylation sites (tertiary alicyclic amines) is 3. The van der Waals surface area contributed by atoms with Crippen LogP contribution >= 0.6 is 0 Å². The monoisotopic (exact) mass is 645 g/mol. The highest BCUT2D eigenvalue weighted by molar-refractivity contribution is 5.92. The van der Waals surface area contributed by atoms with Crippen LogP contribution in [-0.4, -0.2) is 105 Å². The van der Waals surface area contributed by atoms with Gasteiger partial charge in [-0.2, -0.15) is 5.10 Å². The van der Waals surface area contributed by atoms with Gasteiger partial charge in [-0.15, -0.1) is 0 Å². The number of aromatic amines is 1. The molecule has 0 aliphatic carbocycles. The lowest BCUT2D eigenvalue weighted by Gasteiger charge is -2.41. The molecule has 0 radical (unpaired) electrons. The Morgan fingerprint density at radius 2 is 1.68 bits per heavy atom. The second-order valence-electron chi connectivity index (χ2n) is 13.6. The Hall–Kier alpha value is -4.19. The van der Waals surface area contributed by atoms with E-state index in [1.165, 1.54) is 31.4 Å². The standard InChI is InChI=1S/C35H44FN7O4/c1-23-17-24(18-26-21-37-39-32(23)26)19-31(33(44)41-13-7-28(8-14-41)40-11-3-2-4-12-40)47-35(46)42-15-9-29(10-16-42)43-22-25-5-6-27(36)20-30(25)38-34(43)45/h5-6,17-18,20-21,28-29,31H,2-4,7-16,19,22H2,1H3,(H,37,39)(H,38,45)/t31-/m1/s1. The maximum Gasteiger partial charge on any atom is 0.410 e. The third-order valence-electron chi connectivity index (χ3n) is 10.5. The van der Waals surface area contributed by atoms with E-state index < -0.39 is 12.2 Å². The van der Waals surface area contributed by atoms with Gasteiger partial charge in [0.1, 0.15) is 5.82 Å². The number of ether oxygens (including phenoxy) is 1. The summed E-state index contributed by atoms with van der Waals surface area (Å²) in [6.45, 7) is 6.81. The Kier molecular flexibility index (Phi) is 9.02. The van der Waals surface area contributed by atoms with Crippen LogP contribution in [0, 0.1) is 12.7 Å². The maximum absolute atomic E-state index is 14.0. The van der Waals surface area contributed by atoms with Gasteiger partial charge >= 0.3 is 12.1 Å². The molecule has 1 aromatic heterocycles. The molecule has 4 aliphatic heterocycles. The number of hydrogen-bond acceptors (Lipinski definition) is 6. The van der Waals surface area contributed by atoms with Gasteiger partial charge in [-0.25, -0.2) is 14.0 Å². The first-order chi connectivity index (χ1) is 22.8. The van der Waals surface area contributed by atoms with Crippen molar-refractivity contribution in [1.82, 2.24) is 29.8 Å². The van der Waals surface area contributed by atoms with Crippen molar-refractivity contribution in [1.29, 1.82) is 0 Å². The summed E-state index contributed by atoms with van der Waals surface area (Å²) in [5.74, 6) is -0.532. The van der Waals surface area contributed by atoms with Crippen LogP contribution in [0.25, 0.3) is 10.9 Å². The number of nitrogens with one attached hydrogen (secondary N) is 2. The van der Waals surface area contributed by atoms with Crippen molar-refractivity contribution >= 4 is 34.6 Å². The maximum atomic E-state index is 14.0. The molecule has 3 fully saturated rings. The van der Waals surface area contributed by atoms with E-state index in [0.29, 0.717) is 57.3 Å². The fraction of sp³-hybridized carbons (Fsp3) is 0.543. The number of anilines is 1. The molecule has 0 bridgehead atoms. The van der Waals surface area contributed by atoms with Crippen molar-refractivity contribution in [3.8, 4) is 0 Å². The fourth-order valence-electron chi connectivity index (χ4n) is 7.86. The van der Waals surface area contributed by atoms with Crippen LogP contribution in [0.5, 0.6) is 0 Å². The van der Waals surface area contributed by atoms with Crippen molar-refractivity contribution in [2.45, 2.75) is 83.0 Å². The molecule has 0 unspecified atom stereocenters. The van der Waals surface area contributed by atoms with Crippen LogP contribution in [-0.2, 0) is 22.5 Å². The molecule has 1 atom stereocenters. The normalized spacial score (nSPS) is 20.6. The molecule has 12 heteroatoms. The number of halogens is 1. The Labute approximate surface area is 274 Å². The molecule has 7 rings (SSSR count). The van der Waals surface area contributed by atoms with E-state index in [1.807, 2.05) is 24.0 Å². The van der Waals surface area contributed by atoms with E-state index in [1.54, 1.807) is 22.1 Å². The van der Waals surface area contributed by atoms with E-state index in [-0.39, 0.29) is 30.2 Å². The Morgan fingerprint density at radius 3 is 2.45 bits per heavy atom. The number of nitrogens with zero attached hydrogens (tertiary/aromatic N) is 5. The second kappa shape index (κ2) is 13.5. The average molecular weight is 646 g/mol. The second-order valence-corrected chi connectivity index (χ2v) is 13.6. The highest BCUT2D eigenvalue weighted by Crippen LogP contribution is 2.29. The number of rotatable bonds is 6. The van der Waals surface area contributed by atoms with Crippen molar-refractivity contribution in [2.24, 2.45) is 0 Å². The smallest absolute Gasteiger partial charge is 0.410 e. The molecule has 47 heavy (non-hydrogen) atoms. The summed E-state index contributed by atoms with van der Waals surface area (Å²) in [5, 5.41) is 10.9.